The third-order valence-corrected chi connectivity index (χ3v) is 4.49. The monoisotopic (exact) mass is 371 g/mol. The molecule has 1 unspecified atom stereocenters. The third kappa shape index (κ3) is 5.18. The normalized spacial score (nSPS) is 12.5. The van der Waals surface area contributed by atoms with Gasteiger partial charge >= 0.3 is 0 Å². The molecule has 24 heavy (non-hydrogen) atoms. The van der Waals surface area contributed by atoms with E-state index in [1.54, 1.807) is 36.4 Å². The Morgan fingerprint density at radius 3 is 2.08 bits per heavy atom. The largest absolute Gasteiger partial charge is 0.303 e. The Labute approximate surface area is 142 Å². The van der Waals surface area contributed by atoms with Crippen LogP contribution in [0, 0.1) is 0 Å². The standard InChI is InChI=1S/C13H17N5O4S2/c1-24(21,22)13-8-4-10(5-9-13)15-17-18(14)12-6-2-11(3-7-12)16-23(19)20/h2-9,15-17H,14H2,1H3,(H,19,20). The Balaban J connectivity index is 1.95. The lowest BCUT2D eigenvalue weighted by Crippen LogP contribution is -2.47. The Bertz CT molecular complexity index is 809. The predicted molar refractivity (Wildman–Crippen MR) is 93.8 cm³/mol. The molecule has 0 aromatic heterocycles. The fourth-order valence-electron chi connectivity index (χ4n) is 1.77. The molecular weight excluding hydrogens is 354 g/mol. The van der Waals surface area contributed by atoms with Crippen molar-refractivity contribution in [1.29, 1.82) is 0 Å². The van der Waals surface area contributed by atoms with Crippen molar-refractivity contribution in [2.24, 2.45) is 5.84 Å². The van der Waals surface area contributed by atoms with Crippen molar-refractivity contribution in [1.82, 2.24) is 5.53 Å². The summed E-state index contributed by atoms with van der Waals surface area (Å²) in [5.41, 5.74) is 7.21. The van der Waals surface area contributed by atoms with Crippen molar-refractivity contribution in [2.75, 3.05) is 21.5 Å². The highest BCUT2D eigenvalue weighted by molar-refractivity contribution is 7.90. The molecule has 6 N–H and O–H groups in total. The number of benzene rings is 2. The summed E-state index contributed by atoms with van der Waals surface area (Å²) in [6, 6.07) is 12.6. The maximum absolute atomic E-state index is 11.4. The zero-order chi connectivity index (χ0) is 17.7. The number of nitrogens with two attached hydrogens (primary N) is 1. The Hall–Kier alpha value is -2.18. The summed E-state index contributed by atoms with van der Waals surface area (Å²) in [4.78, 5) is 0.224. The van der Waals surface area contributed by atoms with Crippen LogP contribution in [0.15, 0.2) is 53.4 Å². The number of rotatable bonds is 7. The van der Waals surface area contributed by atoms with Gasteiger partial charge in [0.05, 0.1) is 16.3 Å². The van der Waals surface area contributed by atoms with Crippen molar-refractivity contribution in [2.45, 2.75) is 4.90 Å². The second-order valence-electron chi connectivity index (χ2n) is 4.80. The number of hydrogen-bond acceptors (Lipinski definition) is 7. The van der Waals surface area contributed by atoms with Gasteiger partial charge in [0.1, 0.15) is 0 Å². The van der Waals surface area contributed by atoms with Crippen molar-refractivity contribution >= 4 is 38.2 Å². The first kappa shape index (κ1) is 18.2. The van der Waals surface area contributed by atoms with E-state index in [0.29, 0.717) is 17.1 Å². The summed E-state index contributed by atoms with van der Waals surface area (Å²) in [7, 11) is -3.24. The highest BCUT2D eigenvalue weighted by atomic mass is 32.2. The third-order valence-electron chi connectivity index (χ3n) is 2.95. The van der Waals surface area contributed by atoms with Crippen LogP contribution in [0.5, 0.6) is 0 Å². The molecule has 0 aliphatic carbocycles. The van der Waals surface area contributed by atoms with Crippen LogP contribution in [0.2, 0.25) is 0 Å². The average molecular weight is 371 g/mol. The van der Waals surface area contributed by atoms with E-state index in [0.717, 1.165) is 6.26 Å². The van der Waals surface area contributed by atoms with Gasteiger partial charge in [-0.3, -0.25) is 9.27 Å². The molecule has 0 heterocycles. The summed E-state index contributed by atoms with van der Waals surface area (Å²) in [5, 5.41) is 1.20. The predicted octanol–water partition coefficient (Wildman–Crippen LogP) is 0.850. The van der Waals surface area contributed by atoms with E-state index in [1.165, 1.54) is 17.3 Å². The van der Waals surface area contributed by atoms with Gasteiger partial charge in [0.15, 0.2) is 9.84 Å². The zero-order valence-corrected chi connectivity index (χ0v) is 14.3. The molecule has 2 aromatic rings. The first-order valence-corrected chi connectivity index (χ1v) is 9.60. The van der Waals surface area contributed by atoms with Crippen molar-refractivity contribution in [3.05, 3.63) is 48.5 Å². The minimum atomic E-state index is -3.24. The zero-order valence-electron chi connectivity index (χ0n) is 12.6. The average Bonchev–Trinajstić information content (AvgIpc) is 2.52. The van der Waals surface area contributed by atoms with Crippen molar-refractivity contribution in [3.8, 4) is 0 Å². The maximum Gasteiger partial charge on any atom is 0.259 e. The highest BCUT2D eigenvalue weighted by Gasteiger charge is 2.06. The van der Waals surface area contributed by atoms with Crippen LogP contribution in [-0.4, -0.2) is 23.4 Å². The number of nitrogens with zero attached hydrogens (tertiary/aromatic N) is 1. The molecule has 0 aliphatic rings. The Morgan fingerprint density at radius 2 is 1.58 bits per heavy atom. The minimum absolute atomic E-state index is 0.224. The van der Waals surface area contributed by atoms with Crippen LogP contribution in [0.3, 0.4) is 0 Å². The molecule has 0 spiro atoms. The number of nitrogens with one attached hydrogen (secondary N) is 3. The van der Waals surface area contributed by atoms with Gasteiger partial charge in [0.2, 0.25) is 0 Å². The molecule has 2 rings (SSSR count). The number of sulfone groups is 1. The summed E-state index contributed by atoms with van der Waals surface area (Å²) in [6.07, 6.45) is 1.14. The van der Waals surface area contributed by atoms with Crippen molar-refractivity contribution < 1.29 is 17.2 Å². The van der Waals surface area contributed by atoms with E-state index in [1.807, 2.05) is 0 Å². The number of hydrogen-bond donors (Lipinski definition) is 5. The van der Waals surface area contributed by atoms with Gasteiger partial charge in [-0.15, -0.1) is 5.53 Å². The molecular formula is C13H17N5O4S2. The molecule has 0 saturated heterocycles. The topological polar surface area (TPSA) is 137 Å². The molecule has 130 valence electrons. The van der Waals surface area contributed by atoms with Crippen LogP contribution < -0.4 is 26.6 Å². The van der Waals surface area contributed by atoms with Gasteiger partial charge < -0.3 is 5.43 Å². The van der Waals surface area contributed by atoms with E-state index in [4.69, 9.17) is 10.4 Å². The molecule has 0 amide bonds. The Morgan fingerprint density at radius 1 is 1.04 bits per heavy atom. The molecule has 9 nitrogen and oxygen atoms in total. The lowest BCUT2D eigenvalue weighted by molar-refractivity contribution is 0.570. The molecule has 0 fully saturated rings. The van der Waals surface area contributed by atoms with E-state index >= 15 is 0 Å². The van der Waals surface area contributed by atoms with E-state index < -0.39 is 21.1 Å². The van der Waals surface area contributed by atoms with Gasteiger partial charge in [0, 0.05) is 11.9 Å². The maximum atomic E-state index is 11.4. The van der Waals surface area contributed by atoms with Gasteiger partial charge in [-0.25, -0.2) is 23.6 Å². The van der Waals surface area contributed by atoms with Crippen LogP contribution in [0.1, 0.15) is 0 Å². The molecule has 1 atom stereocenters. The first-order chi connectivity index (χ1) is 11.3. The molecule has 0 saturated carbocycles. The molecule has 2 aromatic carbocycles. The second-order valence-corrected chi connectivity index (χ2v) is 7.52. The fourth-order valence-corrected chi connectivity index (χ4v) is 2.73. The quantitative estimate of drug-likeness (QED) is 0.274. The first-order valence-electron chi connectivity index (χ1n) is 6.60. The molecule has 0 aliphatic heterocycles. The lowest BCUT2D eigenvalue weighted by atomic mass is 10.3. The minimum Gasteiger partial charge on any atom is -0.303 e. The van der Waals surface area contributed by atoms with Crippen molar-refractivity contribution in [3.63, 3.8) is 0 Å². The lowest BCUT2D eigenvalue weighted by Gasteiger charge is -2.21. The summed E-state index contributed by atoms with van der Waals surface area (Å²) in [6.45, 7) is 0. The van der Waals surface area contributed by atoms with E-state index in [2.05, 4.69) is 15.7 Å². The molecule has 11 heteroatoms. The summed E-state index contributed by atoms with van der Waals surface area (Å²) in [5.74, 6) is 5.83. The van der Waals surface area contributed by atoms with Crippen LogP contribution in [0.25, 0.3) is 0 Å². The number of anilines is 3. The van der Waals surface area contributed by atoms with Crippen LogP contribution in [0.4, 0.5) is 17.1 Å². The van der Waals surface area contributed by atoms with E-state index in [-0.39, 0.29) is 4.90 Å². The number of hydrazine groups is 3. The molecule has 0 radical (unpaired) electrons. The van der Waals surface area contributed by atoms with Crippen LogP contribution >= 0.6 is 0 Å². The summed E-state index contributed by atoms with van der Waals surface area (Å²) < 4.78 is 44.5. The van der Waals surface area contributed by atoms with E-state index in [9.17, 15) is 12.6 Å². The SMILES string of the molecule is CS(=O)(=O)c1ccc(NNN(N)c2ccc(NS(=O)O)cc2)cc1. The van der Waals surface area contributed by atoms with Gasteiger partial charge in [-0.05, 0) is 48.5 Å². The van der Waals surface area contributed by atoms with Crippen LogP contribution in [-0.2, 0) is 21.1 Å². The highest BCUT2D eigenvalue weighted by Crippen LogP contribution is 2.16. The second kappa shape index (κ2) is 7.59. The molecule has 0 bridgehead atoms. The summed E-state index contributed by atoms with van der Waals surface area (Å²) >= 11 is -2.14. The van der Waals surface area contributed by atoms with Gasteiger partial charge in [-0.1, -0.05) is 0 Å². The smallest absolute Gasteiger partial charge is 0.259 e. The van der Waals surface area contributed by atoms with Gasteiger partial charge in [0.25, 0.3) is 11.3 Å². The Kier molecular flexibility index (Phi) is 5.75. The fraction of sp³-hybridized carbons (Fsp3) is 0.0769. The van der Waals surface area contributed by atoms with Gasteiger partial charge in [-0.2, -0.15) is 0 Å².